The van der Waals surface area contributed by atoms with Crippen LogP contribution in [-0.4, -0.2) is 4.57 Å². The van der Waals surface area contributed by atoms with Crippen LogP contribution in [0.15, 0.2) is 73.3 Å². The molecule has 0 amide bonds. The van der Waals surface area contributed by atoms with Crippen molar-refractivity contribution in [2.45, 2.75) is 6.92 Å². The maximum absolute atomic E-state index is 4.17. The molecule has 1 heteroatoms. The fraction of sp³-hybridized carbons (Fsp3) is 0.0714. The van der Waals surface area contributed by atoms with Gasteiger partial charge in [-0.1, -0.05) is 73.3 Å². The van der Waals surface area contributed by atoms with Crippen LogP contribution in [0.1, 0.15) is 18.2 Å². The summed E-state index contributed by atoms with van der Waals surface area (Å²) in [5.74, 6) is 0. The fourth-order valence-electron chi connectivity index (χ4n) is 5.24. The van der Waals surface area contributed by atoms with Crippen molar-refractivity contribution in [1.82, 2.24) is 4.57 Å². The van der Waals surface area contributed by atoms with Gasteiger partial charge in [-0.15, -0.1) is 0 Å². The number of benzene rings is 5. The van der Waals surface area contributed by atoms with Crippen LogP contribution in [0, 0.1) is 0 Å². The van der Waals surface area contributed by atoms with E-state index in [9.17, 15) is 0 Å². The lowest BCUT2D eigenvalue weighted by atomic mass is 9.87. The Morgan fingerprint density at radius 3 is 2.07 bits per heavy atom. The zero-order valence-corrected chi connectivity index (χ0v) is 16.7. The Kier molecular flexibility index (Phi) is 3.23. The number of aryl methyl sites for hydroxylation is 1. The minimum Gasteiger partial charge on any atom is -0.344 e. The number of aromatic nitrogens is 1. The van der Waals surface area contributed by atoms with E-state index in [1.165, 1.54) is 65.3 Å². The predicted octanol–water partition coefficient (Wildman–Crippen LogP) is 7.91. The van der Waals surface area contributed by atoms with E-state index in [0.717, 1.165) is 0 Å². The number of nitrogens with zero attached hydrogens (tertiary/aromatic N) is 1. The minimum absolute atomic E-state index is 1.20. The molecule has 0 atom stereocenters. The summed E-state index contributed by atoms with van der Waals surface area (Å²) >= 11 is 0. The fourth-order valence-corrected chi connectivity index (χ4v) is 5.24. The molecule has 0 aliphatic rings. The minimum atomic E-state index is 1.20. The highest BCUT2D eigenvalue weighted by molar-refractivity contribution is 6.37. The van der Waals surface area contributed by atoms with Crippen LogP contribution in [0.25, 0.3) is 66.1 Å². The van der Waals surface area contributed by atoms with E-state index < -0.39 is 0 Å². The van der Waals surface area contributed by atoms with Gasteiger partial charge in [0, 0.05) is 34.6 Å². The Labute approximate surface area is 169 Å². The molecule has 0 bridgehead atoms. The second-order valence-electron chi connectivity index (χ2n) is 7.82. The van der Waals surface area contributed by atoms with Gasteiger partial charge < -0.3 is 4.57 Å². The third-order valence-electron chi connectivity index (χ3n) is 6.43. The summed E-state index contributed by atoms with van der Waals surface area (Å²) in [5, 5.41) is 11.9. The lowest BCUT2D eigenvalue weighted by molar-refractivity contribution is 0.953. The molecule has 0 radical (unpaired) electrons. The molecule has 0 aliphatic carbocycles. The number of hydrogen-bond donors (Lipinski definition) is 0. The first kappa shape index (κ1) is 16.4. The molecule has 0 saturated heterocycles. The highest BCUT2D eigenvalue weighted by atomic mass is 14.9. The summed E-state index contributed by atoms with van der Waals surface area (Å²) in [7, 11) is 2.15. The van der Waals surface area contributed by atoms with Crippen molar-refractivity contribution in [2.24, 2.45) is 7.05 Å². The van der Waals surface area contributed by atoms with E-state index in [0.29, 0.717) is 0 Å². The van der Waals surface area contributed by atoms with E-state index in [1.54, 1.807) is 0 Å². The molecule has 29 heavy (non-hydrogen) atoms. The first-order chi connectivity index (χ1) is 14.2. The quantitative estimate of drug-likeness (QED) is 0.215. The van der Waals surface area contributed by atoms with Crippen molar-refractivity contribution in [3.8, 4) is 0 Å². The Morgan fingerprint density at radius 1 is 0.724 bits per heavy atom. The zero-order valence-electron chi connectivity index (χ0n) is 16.7. The normalized spacial score (nSPS) is 12.5. The second-order valence-corrected chi connectivity index (χ2v) is 7.82. The first-order valence-electron chi connectivity index (χ1n) is 10.1. The SMILES string of the molecule is C=Cc1c(/C=C\C)n(C)c2ccc3c4cccc5ccc6cccc(c3c12)c6c54. The number of rotatable bonds is 2. The summed E-state index contributed by atoms with van der Waals surface area (Å²) < 4.78 is 2.29. The number of allylic oxidation sites excluding steroid dienone is 1. The van der Waals surface area contributed by atoms with E-state index in [-0.39, 0.29) is 0 Å². The summed E-state index contributed by atoms with van der Waals surface area (Å²) in [4.78, 5) is 0. The van der Waals surface area contributed by atoms with E-state index in [4.69, 9.17) is 0 Å². The van der Waals surface area contributed by atoms with Crippen LogP contribution in [0.3, 0.4) is 0 Å². The van der Waals surface area contributed by atoms with Gasteiger partial charge >= 0.3 is 0 Å². The largest absolute Gasteiger partial charge is 0.344 e. The molecule has 0 unspecified atom stereocenters. The highest BCUT2D eigenvalue weighted by Crippen LogP contribution is 2.44. The molecule has 6 rings (SSSR count). The molecule has 5 aromatic carbocycles. The van der Waals surface area contributed by atoms with Gasteiger partial charge in [-0.05, 0) is 56.8 Å². The standard InChI is InChI=1S/C28H21N/c1-4-8-23-19(5-2)28-24(29(23)3)16-15-21-20-11-6-9-17-13-14-18-10-7-12-22(27(21)28)26(18)25(17)20/h4-16H,2H2,1,3H3/b8-4-. The molecule has 0 aliphatic heterocycles. The van der Waals surface area contributed by atoms with Gasteiger partial charge in [-0.25, -0.2) is 0 Å². The van der Waals surface area contributed by atoms with E-state index in [2.05, 4.69) is 97.9 Å². The van der Waals surface area contributed by atoms with Crippen LogP contribution in [0.5, 0.6) is 0 Å². The molecule has 1 nitrogen and oxygen atoms in total. The van der Waals surface area contributed by atoms with Crippen LogP contribution >= 0.6 is 0 Å². The summed E-state index contributed by atoms with van der Waals surface area (Å²) in [6, 6.07) is 22.4. The number of fused-ring (bicyclic) bond motifs is 5. The van der Waals surface area contributed by atoms with Gasteiger partial charge in [0.15, 0.2) is 0 Å². The van der Waals surface area contributed by atoms with Crippen LogP contribution in [-0.2, 0) is 7.05 Å². The molecule has 0 fully saturated rings. The zero-order chi connectivity index (χ0) is 19.7. The van der Waals surface area contributed by atoms with Gasteiger partial charge in [-0.3, -0.25) is 0 Å². The average molecular weight is 371 g/mol. The maximum atomic E-state index is 4.17. The molecule has 138 valence electrons. The van der Waals surface area contributed by atoms with Crippen molar-refractivity contribution in [2.75, 3.05) is 0 Å². The van der Waals surface area contributed by atoms with Gasteiger partial charge in [0.05, 0.1) is 0 Å². The Balaban J connectivity index is 2.04. The number of hydrogen-bond acceptors (Lipinski definition) is 0. The van der Waals surface area contributed by atoms with Crippen LogP contribution < -0.4 is 0 Å². The topological polar surface area (TPSA) is 4.93 Å². The van der Waals surface area contributed by atoms with Crippen molar-refractivity contribution in [3.05, 3.63) is 84.6 Å². The molecule has 0 N–H and O–H groups in total. The molecule has 6 aromatic rings. The van der Waals surface area contributed by atoms with Gasteiger partial charge in [0.1, 0.15) is 0 Å². The predicted molar refractivity (Wildman–Crippen MR) is 129 cm³/mol. The van der Waals surface area contributed by atoms with E-state index in [1.807, 2.05) is 6.08 Å². The van der Waals surface area contributed by atoms with E-state index >= 15 is 0 Å². The molecular weight excluding hydrogens is 350 g/mol. The van der Waals surface area contributed by atoms with Crippen LogP contribution in [0.2, 0.25) is 0 Å². The van der Waals surface area contributed by atoms with Crippen molar-refractivity contribution in [3.63, 3.8) is 0 Å². The van der Waals surface area contributed by atoms with Crippen molar-refractivity contribution >= 4 is 66.1 Å². The third-order valence-corrected chi connectivity index (χ3v) is 6.43. The second kappa shape index (κ2) is 5.71. The lowest BCUT2D eigenvalue weighted by Crippen LogP contribution is -1.91. The Hall–Kier alpha value is -3.58. The summed E-state index contributed by atoms with van der Waals surface area (Å²) in [6.45, 7) is 6.24. The maximum Gasteiger partial charge on any atom is 0.0495 e. The van der Waals surface area contributed by atoms with Gasteiger partial charge in [-0.2, -0.15) is 0 Å². The smallest absolute Gasteiger partial charge is 0.0495 e. The van der Waals surface area contributed by atoms with Crippen molar-refractivity contribution in [1.29, 1.82) is 0 Å². The van der Waals surface area contributed by atoms with Gasteiger partial charge in [0.25, 0.3) is 0 Å². The monoisotopic (exact) mass is 371 g/mol. The molecular formula is C28H21N. The average Bonchev–Trinajstić information content (AvgIpc) is 3.04. The Bertz CT molecular complexity index is 1630. The lowest BCUT2D eigenvalue weighted by Gasteiger charge is -2.15. The highest BCUT2D eigenvalue weighted by Gasteiger charge is 2.19. The third kappa shape index (κ3) is 1.95. The molecule has 0 spiro atoms. The summed E-state index contributed by atoms with van der Waals surface area (Å²) in [5.41, 5.74) is 3.66. The Morgan fingerprint density at radius 2 is 1.38 bits per heavy atom. The molecule has 1 aromatic heterocycles. The summed E-state index contributed by atoms with van der Waals surface area (Å²) in [6.07, 6.45) is 6.30. The van der Waals surface area contributed by atoms with Crippen LogP contribution in [0.4, 0.5) is 0 Å². The molecule has 1 heterocycles. The van der Waals surface area contributed by atoms with Crippen molar-refractivity contribution < 1.29 is 0 Å². The van der Waals surface area contributed by atoms with Gasteiger partial charge in [0.2, 0.25) is 0 Å². The molecule has 0 saturated carbocycles. The first-order valence-corrected chi connectivity index (χ1v) is 10.1.